The van der Waals surface area contributed by atoms with Gasteiger partial charge in [-0.3, -0.25) is 4.79 Å². The van der Waals surface area contributed by atoms with Crippen LogP contribution in [-0.2, 0) is 4.79 Å². The Morgan fingerprint density at radius 3 is 2.48 bits per heavy atom. The number of rotatable bonds is 7. The van der Waals surface area contributed by atoms with E-state index in [2.05, 4.69) is 5.32 Å². The first-order valence-electron chi connectivity index (χ1n) is 8.83. The Morgan fingerprint density at radius 2 is 1.74 bits per heavy atom. The number of carbonyl (C=O) groups is 1. The van der Waals surface area contributed by atoms with Gasteiger partial charge in [-0.2, -0.15) is 0 Å². The number of hydrogen-bond donors (Lipinski definition) is 1. The van der Waals surface area contributed by atoms with Crippen LogP contribution in [0.4, 0.5) is 5.69 Å². The Morgan fingerprint density at radius 1 is 0.963 bits per heavy atom. The van der Waals surface area contributed by atoms with E-state index in [4.69, 9.17) is 14.2 Å². The summed E-state index contributed by atoms with van der Waals surface area (Å²) in [5, 5.41) is 4.94. The van der Waals surface area contributed by atoms with Crippen LogP contribution in [0, 0.1) is 0 Å². The van der Waals surface area contributed by atoms with Crippen molar-refractivity contribution in [3.8, 4) is 17.2 Å². The van der Waals surface area contributed by atoms with Crippen LogP contribution >= 0.6 is 0 Å². The van der Waals surface area contributed by atoms with Crippen LogP contribution in [0.2, 0.25) is 0 Å². The fourth-order valence-corrected chi connectivity index (χ4v) is 2.89. The number of nitrogens with one attached hydrogen (secondary N) is 1. The number of amides is 1. The third kappa shape index (κ3) is 4.14. The molecule has 140 valence electrons. The minimum Gasteiger partial charge on any atom is -0.497 e. The molecule has 0 aliphatic carbocycles. The normalized spacial score (nSPS) is 11.7. The van der Waals surface area contributed by atoms with Gasteiger partial charge in [0, 0.05) is 11.5 Å². The van der Waals surface area contributed by atoms with Crippen LogP contribution in [-0.4, -0.2) is 26.2 Å². The molecule has 0 spiro atoms. The van der Waals surface area contributed by atoms with Gasteiger partial charge >= 0.3 is 0 Å². The van der Waals surface area contributed by atoms with Gasteiger partial charge in [0.05, 0.1) is 19.9 Å². The fourth-order valence-electron chi connectivity index (χ4n) is 2.89. The van der Waals surface area contributed by atoms with Crippen molar-refractivity contribution < 1.29 is 19.0 Å². The monoisotopic (exact) mass is 365 g/mol. The van der Waals surface area contributed by atoms with Gasteiger partial charge in [-0.25, -0.2) is 0 Å². The minimum absolute atomic E-state index is 0.228. The Bertz CT molecular complexity index is 933. The zero-order valence-electron chi connectivity index (χ0n) is 15.7. The molecule has 0 bridgehead atoms. The van der Waals surface area contributed by atoms with Crippen LogP contribution in [0.25, 0.3) is 10.8 Å². The molecule has 0 fully saturated rings. The summed E-state index contributed by atoms with van der Waals surface area (Å²) in [6, 6.07) is 19.0. The van der Waals surface area contributed by atoms with Crippen molar-refractivity contribution in [3.05, 3.63) is 60.7 Å². The second kappa shape index (κ2) is 8.45. The molecular weight excluding hydrogens is 342 g/mol. The van der Waals surface area contributed by atoms with Gasteiger partial charge < -0.3 is 19.5 Å². The molecule has 3 rings (SSSR count). The Kier molecular flexibility index (Phi) is 5.81. The fraction of sp³-hybridized carbons (Fsp3) is 0.227. The first-order valence-corrected chi connectivity index (χ1v) is 8.83. The van der Waals surface area contributed by atoms with Crippen LogP contribution in [0.3, 0.4) is 0 Å². The SMILES string of the molecule is CC[C@H](Oc1cccc2ccccc12)C(=O)Nc1ccc(OC)cc1OC. The molecule has 5 nitrogen and oxygen atoms in total. The van der Waals surface area contributed by atoms with Crippen molar-refractivity contribution in [2.45, 2.75) is 19.4 Å². The maximum atomic E-state index is 12.8. The van der Waals surface area contributed by atoms with Crippen molar-refractivity contribution in [2.75, 3.05) is 19.5 Å². The van der Waals surface area contributed by atoms with Crippen molar-refractivity contribution in [3.63, 3.8) is 0 Å². The van der Waals surface area contributed by atoms with E-state index in [1.54, 1.807) is 32.4 Å². The molecule has 0 saturated heterocycles. The smallest absolute Gasteiger partial charge is 0.265 e. The van der Waals surface area contributed by atoms with E-state index in [0.717, 1.165) is 10.8 Å². The summed E-state index contributed by atoms with van der Waals surface area (Å²) in [6.45, 7) is 1.92. The van der Waals surface area contributed by atoms with Crippen molar-refractivity contribution in [1.82, 2.24) is 0 Å². The predicted molar refractivity (Wildman–Crippen MR) is 107 cm³/mol. The van der Waals surface area contributed by atoms with Crippen molar-refractivity contribution in [2.24, 2.45) is 0 Å². The molecule has 3 aromatic carbocycles. The van der Waals surface area contributed by atoms with E-state index in [1.165, 1.54) is 0 Å². The molecule has 0 aromatic heterocycles. The maximum absolute atomic E-state index is 12.8. The molecule has 0 saturated carbocycles. The number of methoxy groups -OCH3 is 2. The summed E-state index contributed by atoms with van der Waals surface area (Å²) in [5.74, 6) is 1.65. The van der Waals surface area contributed by atoms with Crippen LogP contribution < -0.4 is 19.5 Å². The zero-order valence-corrected chi connectivity index (χ0v) is 15.7. The number of fused-ring (bicyclic) bond motifs is 1. The Balaban J connectivity index is 1.80. The molecule has 3 aromatic rings. The van der Waals surface area contributed by atoms with E-state index < -0.39 is 6.10 Å². The third-order valence-corrected chi connectivity index (χ3v) is 4.35. The number of ether oxygens (including phenoxy) is 3. The summed E-state index contributed by atoms with van der Waals surface area (Å²) in [7, 11) is 3.13. The molecule has 0 heterocycles. The molecule has 0 aliphatic heterocycles. The molecule has 0 aliphatic rings. The highest BCUT2D eigenvalue weighted by Crippen LogP contribution is 2.30. The van der Waals surface area contributed by atoms with Gasteiger partial charge in [-0.05, 0) is 30.0 Å². The number of benzene rings is 3. The summed E-state index contributed by atoms with van der Waals surface area (Å²) in [5.41, 5.74) is 0.572. The lowest BCUT2D eigenvalue weighted by Crippen LogP contribution is -2.32. The zero-order chi connectivity index (χ0) is 19.2. The van der Waals surface area contributed by atoms with Gasteiger partial charge in [0.25, 0.3) is 5.91 Å². The lowest BCUT2D eigenvalue weighted by atomic mass is 10.1. The molecular formula is C22H23NO4. The average Bonchev–Trinajstić information content (AvgIpc) is 2.72. The third-order valence-electron chi connectivity index (χ3n) is 4.35. The van der Waals surface area contributed by atoms with Gasteiger partial charge in [0.15, 0.2) is 6.10 Å². The molecule has 1 N–H and O–H groups in total. The molecule has 0 unspecified atom stereocenters. The second-order valence-corrected chi connectivity index (χ2v) is 6.05. The average molecular weight is 365 g/mol. The van der Waals surface area contributed by atoms with Gasteiger partial charge in [0.1, 0.15) is 17.2 Å². The Hall–Kier alpha value is -3.21. The highest BCUT2D eigenvalue weighted by molar-refractivity contribution is 5.96. The van der Waals surface area contributed by atoms with Crippen LogP contribution in [0.15, 0.2) is 60.7 Å². The molecule has 1 amide bonds. The van der Waals surface area contributed by atoms with Crippen LogP contribution in [0.5, 0.6) is 17.2 Å². The maximum Gasteiger partial charge on any atom is 0.265 e. The van der Waals surface area contributed by atoms with Crippen molar-refractivity contribution in [1.29, 1.82) is 0 Å². The molecule has 5 heteroatoms. The van der Waals surface area contributed by atoms with Crippen molar-refractivity contribution >= 4 is 22.4 Å². The van der Waals surface area contributed by atoms with Crippen LogP contribution in [0.1, 0.15) is 13.3 Å². The topological polar surface area (TPSA) is 56.8 Å². The number of carbonyl (C=O) groups excluding carboxylic acids is 1. The summed E-state index contributed by atoms with van der Waals surface area (Å²) >= 11 is 0. The molecule has 27 heavy (non-hydrogen) atoms. The quantitative estimate of drug-likeness (QED) is 0.662. The highest BCUT2D eigenvalue weighted by atomic mass is 16.5. The first kappa shape index (κ1) is 18.6. The lowest BCUT2D eigenvalue weighted by Gasteiger charge is -2.19. The highest BCUT2D eigenvalue weighted by Gasteiger charge is 2.21. The van der Waals surface area contributed by atoms with E-state index in [-0.39, 0.29) is 5.91 Å². The molecule has 0 radical (unpaired) electrons. The van der Waals surface area contributed by atoms with Gasteiger partial charge in [-0.1, -0.05) is 43.3 Å². The predicted octanol–water partition coefficient (Wildman–Crippen LogP) is 4.65. The van der Waals surface area contributed by atoms with Gasteiger partial charge in [0.2, 0.25) is 0 Å². The Labute approximate surface area is 158 Å². The summed E-state index contributed by atoms with van der Waals surface area (Å²) in [6.07, 6.45) is -0.0873. The first-order chi connectivity index (χ1) is 13.2. The van der Waals surface area contributed by atoms with Gasteiger partial charge in [-0.15, -0.1) is 0 Å². The lowest BCUT2D eigenvalue weighted by molar-refractivity contribution is -0.122. The van der Waals surface area contributed by atoms with E-state index >= 15 is 0 Å². The molecule has 1 atom stereocenters. The van der Waals surface area contributed by atoms with E-state index in [9.17, 15) is 4.79 Å². The minimum atomic E-state index is -0.623. The summed E-state index contributed by atoms with van der Waals surface area (Å²) in [4.78, 5) is 12.8. The second-order valence-electron chi connectivity index (χ2n) is 6.05. The van der Waals surface area contributed by atoms with E-state index in [1.807, 2.05) is 49.4 Å². The number of anilines is 1. The number of hydrogen-bond acceptors (Lipinski definition) is 4. The standard InChI is InChI=1S/C22H23NO4/c1-4-19(27-20-11-7-9-15-8-5-6-10-17(15)20)22(24)23-18-13-12-16(25-2)14-21(18)26-3/h5-14,19H,4H2,1-3H3,(H,23,24)/t19-/m0/s1. The largest absolute Gasteiger partial charge is 0.497 e. The van der Waals surface area contributed by atoms with E-state index in [0.29, 0.717) is 29.4 Å². The summed E-state index contributed by atoms with van der Waals surface area (Å²) < 4.78 is 16.6.